The van der Waals surface area contributed by atoms with Crippen LogP contribution in [0.1, 0.15) is 79.0 Å². The molecule has 0 amide bonds. The number of fused-ring (bicyclic) bond motifs is 8. The van der Waals surface area contributed by atoms with Crippen molar-refractivity contribution in [2.24, 2.45) is 0 Å². The van der Waals surface area contributed by atoms with Gasteiger partial charge in [-0.1, -0.05) is 111 Å². The fourth-order valence-electron chi connectivity index (χ4n) is 7.95. The number of benzene rings is 4. The Bertz CT molecular complexity index is 2490. The van der Waals surface area contributed by atoms with Crippen LogP contribution < -0.4 is 26.4 Å². The summed E-state index contributed by atoms with van der Waals surface area (Å²) < 4.78 is 13.9. The van der Waals surface area contributed by atoms with Crippen LogP contribution in [-0.4, -0.2) is 11.7 Å². The topological polar surface area (TPSA) is 45.7 Å². The zero-order valence-electron chi connectivity index (χ0n) is 31.1. The van der Waals surface area contributed by atoms with Gasteiger partial charge in [-0.15, -0.1) is 0 Å². The first-order chi connectivity index (χ1) is 24.2. The van der Waals surface area contributed by atoms with Crippen molar-refractivity contribution in [3.05, 3.63) is 120 Å². The average molecular weight is 670 g/mol. The van der Waals surface area contributed by atoms with Gasteiger partial charge in [-0.2, -0.15) is 0 Å². The standard InChI is InChI=1S/C45H44BN3O2/c1-43(2,3)27-14-19-30(20-15-27)48-34-24-25-47-41-38(34)46(37-32-12-10-11-13-35(32)51-42(37)48)40-39(33-26-29(45(7,8)9)18-23-36(33)50-40)49(41)31-21-16-28(17-22-31)44(4,5)6/h10-26H,1-9H3. The molecule has 0 unspecified atom stereocenters. The molecule has 0 saturated carbocycles. The van der Waals surface area contributed by atoms with Gasteiger partial charge in [0.15, 0.2) is 0 Å². The van der Waals surface area contributed by atoms with E-state index >= 15 is 0 Å². The van der Waals surface area contributed by atoms with Gasteiger partial charge in [-0.25, -0.2) is 4.98 Å². The lowest BCUT2D eigenvalue weighted by molar-refractivity contribution is 0.590. The Hall–Kier alpha value is -5.23. The van der Waals surface area contributed by atoms with Gasteiger partial charge < -0.3 is 8.83 Å². The van der Waals surface area contributed by atoms with Crippen LogP contribution in [0.25, 0.3) is 21.9 Å². The summed E-state index contributed by atoms with van der Waals surface area (Å²) in [5.41, 5.74) is 12.9. The number of furan rings is 2. The number of aromatic nitrogens is 1. The molecule has 0 saturated heterocycles. The Labute approximate surface area is 301 Å². The number of nitrogens with zero attached hydrogens (tertiary/aromatic N) is 3. The fourth-order valence-corrected chi connectivity index (χ4v) is 7.95. The minimum atomic E-state index is -0.224. The second-order valence-corrected chi connectivity index (χ2v) is 17.4. The van der Waals surface area contributed by atoms with E-state index in [0.29, 0.717) is 0 Å². The molecule has 0 atom stereocenters. The highest BCUT2D eigenvalue weighted by molar-refractivity contribution is 7.01. The Morgan fingerprint density at radius 2 is 1.12 bits per heavy atom. The Balaban J connectivity index is 1.37. The molecule has 0 fully saturated rings. The third kappa shape index (κ3) is 4.79. The predicted molar refractivity (Wildman–Crippen MR) is 214 cm³/mol. The van der Waals surface area contributed by atoms with E-state index in [4.69, 9.17) is 13.8 Å². The van der Waals surface area contributed by atoms with Gasteiger partial charge in [0.05, 0.1) is 5.69 Å². The van der Waals surface area contributed by atoms with E-state index in [-0.39, 0.29) is 23.0 Å². The van der Waals surface area contributed by atoms with E-state index < -0.39 is 0 Å². The summed E-state index contributed by atoms with van der Waals surface area (Å²) in [5.74, 6) is 1.73. The first-order valence-electron chi connectivity index (χ1n) is 18.1. The highest BCUT2D eigenvalue weighted by Gasteiger charge is 2.49. The number of para-hydroxylation sites is 1. The van der Waals surface area contributed by atoms with Crippen LogP contribution in [0.2, 0.25) is 0 Å². The summed E-state index contributed by atoms with van der Waals surface area (Å²) in [5, 5.41) is 2.17. The molecule has 254 valence electrons. The SMILES string of the molecule is CC(C)(C)c1ccc(N2c3ccnc4c3B(c3oc5ccc(C(C)(C)C)cc5c3N4c3ccc(C(C)(C)C)cc3)c3c2oc2ccccc32)cc1. The maximum atomic E-state index is 7.08. The Kier molecular flexibility index (Phi) is 6.62. The van der Waals surface area contributed by atoms with Crippen LogP contribution in [0, 0.1) is 0 Å². The van der Waals surface area contributed by atoms with Crippen LogP contribution in [0.3, 0.4) is 0 Å². The number of hydrogen-bond donors (Lipinski definition) is 0. The third-order valence-corrected chi connectivity index (χ3v) is 10.8. The van der Waals surface area contributed by atoms with Crippen molar-refractivity contribution < 1.29 is 8.83 Å². The Morgan fingerprint density at radius 3 is 1.75 bits per heavy atom. The first-order valence-corrected chi connectivity index (χ1v) is 18.1. The summed E-state index contributed by atoms with van der Waals surface area (Å²) in [7, 11) is 0. The van der Waals surface area contributed by atoms with Crippen LogP contribution >= 0.6 is 0 Å². The van der Waals surface area contributed by atoms with E-state index in [1.807, 2.05) is 12.3 Å². The highest BCUT2D eigenvalue weighted by Crippen LogP contribution is 2.47. The minimum absolute atomic E-state index is 0.0304. The van der Waals surface area contributed by atoms with Gasteiger partial charge in [-0.05, 0) is 81.5 Å². The monoisotopic (exact) mass is 669 g/mol. The van der Waals surface area contributed by atoms with Gasteiger partial charge in [0.1, 0.15) is 22.6 Å². The van der Waals surface area contributed by atoms with Crippen LogP contribution in [-0.2, 0) is 16.2 Å². The average Bonchev–Trinajstić information content (AvgIpc) is 3.66. The normalized spacial score (nSPS) is 14.3. The summed E-state index contributed by atoms with van der Waals surface area (Å²) >= 11 is 0. The second kappa shape index (κ2) is 10.6. The molecule has 0 aliphatic carbocycles. The minimum Gasteiger partial charge on any atom is -0.468 e. The van der Waals surface area contributed by atoms with E-state index in [0.717, 1.165) is 73.0 Å². The second-order valence-electron chi connectivity index (χ2n) is 17.4. The molecule has 7 aromatic rings. The molecule has 0 bridgehead atoms. The molecule has 9 rings (SSSR count). The number of hydrogen-bond acceptors (Lipinski definition) is 5. The lowest BCUT2D eigenvalue weighted by Crippen LogP contribution is -2.60. The zero-order chi connectivity index (χ0) is 35.6. The van der Waals surface area contributed by atoms with Crippen molar-refractivity contribution in [1.29, 1.82) is 0 Å². The van der Waals surface area contributed by atoms with Crippen LogP contribution in [0.15, 0.2) is 112 Å². The molecule has 0 N–H and O–H groups in total. The van der Waals surface area contributed by atoms with Crippen LogP contribution in [0.4, 0.5) is 34.5 Å². The number of rotatable bonds is 2. The van der Waals surface area contributed by atoms with Gasteiger partial charge >= 0.3 is 6.71 Å². The molecular formula is C45H44BN3O2. The maximum Gasteiger partial charge on any atom is 0.304 e. The number of pyridine rings is 1. The molecule has 6 heteroatoms. The summed E-state index contributed by atoms with van der Waals surface area (Å²) in [6.45, 7) is 20.1. The molecule has 0 radical (unpaired) electrons. The van der Waals surface area contributed by atoms with Crippen molar-refractivity contribution in [3.63, 3.8) is 0 Å². The van der Waals surface area contributed by atoms with Crippen molar-refractivity contribution in [2.45, 2.75) is 78.6 Å². The van der Waals surface area contributed by atoms with E-state index in [1.54, 1.807) is 0 Å². The van der Waals surface area contributed by atoms with E-state index in [9.17, 15) is 0 Å². The quantitative estimate of drug-likeness (QED) is 0.172. The van der Waals surface area contributed by atoms with E-state index in [1.165, 1.54) is 16.7 Å². The summed E-state index contributed by atoms with van der Waals surface area (Å²) in [6.07, 6.45) is 1.94. The fraction of sp³-hybridized carbons (Fsp3) is 0.267. The molecule has 2 aliphatic rings. The summed E-state index contributed by atoms with van der Waals surface area (Å²) in [6, 6.07) is 35.1. The smallest absolute Gasteiger partial charge is 0.304 e. The third-order valence-electron chi connectivity index (χ3n) is 10.8. The molecule has 3 aromatic heterocycles. The van der Waals surface area contributed by atoms with Gasteiger partial charge in [-0.3, -0.25) is 9.80 Å². The van der Waals surface area contributed by atoms with Gasteiger partial charge in [0.2, 0.25) is 5.88 Å². The lowest BCUT2D eigenvalue weighted by Gasteiger charge is -2.39. The van der Waals surface area contributed by atoms with Crippen molar-refractivity contribution in [2.75, 3.05) is 9.80 Å². The first kappa shape index (κ1) is 31.7. The molecule has 0 spiro atoms. The lowest BCUT2D eigenvalue weighted by atomic mass is 9.36. The van der Waals surface area contributed by atoms with Crippen LogP contribution in [0.5, 0.6) is 0 Å². The summed E-state index contributed by atoms with van der Waals surface area (Å²) in [4.78, 5) is 9.86. The molecule has 2 aliphatic heterocycles. The van der Waals surface area contributed by atoms with Gasteiger partial charge in [0.25, 0.3) is 0 Å². The molecule has 5 heterocycles. The molecule has 51 heavy (non-hydrogen) atoms. The van der Waals surface area contributed by atoms with Crippen molar-refractivity contribution in [1.82, 2.24) is 4.98 Å². The molecular weight excluding hydrogens is 625 g/mol. The molecule has 4 aromatic carbocycles. The van der Waals surface area contributed by atoms with E-state index in [2.05, 4.69) is 163 Å². The number of anilines is 6. The van der Waals surface area contributed by atoms with Crippen molar-refractivity contribution >= 4 is 79.7 Å². The molecule has 5 nitrogen and oxygen atoms in total. The van der Waals surface area contributed by atoms with Gasteiger partial charge in [0, 0.05) is 45.0 Å². The largest absolute Gasteiger partial charge is 0.468 e. The van der Waals surface area contributed by atoms with Crippen molar-refractivity contribution in [3.8, 4) is 0 Å². The Morgan fingerprint density at radius 1 is 0.549 bits per heavy atom. The maximum absolute atomic E-state index is 7.08. The predicted octanol–water partition coefficient (Wildman–Crippen LogP) is 10.5. The zero-order valence-corrected chi connectivity index (χ0v) is 31.1. The highest BCUT2D eigenvalue weighted by atomic mass is 16.4.